The van der Waals surface area contributed by atoms with Gasteiger partial charge in [-0.15, -0.1) is 11.3 Å². The molecule has 1 heterocycles. The Balaban J connectivity index is 1.72. The standard InChI is InChI=1S/C26H24N2O3S/c1-18-25(20-9-13-22(30-2)14-10-20)27-26(32-18)28(21-11-15-23(31-3)16-12-21)24(29)17-19-7-5-4-6-8-19/h4-16H,17H2,1-3H3. The van der Waals surface area contributed by atoms with Gasteiger partial charge in [0.05, 0.1) is 32.0 Å². The number of rotatable bonds is 7. The van der Waals surface area contributed by atoms with Gasteiger partial charge in [0, 0.05) is 10.4 Å². The number of benzene rings is 3. The second-order valence-electron chi connectivity index (χ2n) is 7.22. The Morgan fingerprint density at radius 2 is 1.47 bits per heavy atom. The highest BCUT2D eigenvalue weighted by Gasteiger charge is 2.23. The molecule has 4 rings (SSSR count). The van der Waals surface area contributed by atoms with Crippen LogP contribution in [0.25, 0.3) is 11.3 Å². The molecule has 0 aliphatic rings. The number of methoxy groups -OCH3 is 2. The van der Waals surface area contributed by atoms with Crippen molar-refractivity contribution in [2.75, 3.05) is 19.1 Å². The van der Waals surface area contributed by atoms with Crippen LogP contribution in [0, 0.1) is 6.92 Å². The van der Waals surface area contributed by atoms with Crippen LogP contribution in [0.1, 0.15) is 10.4 Å². The summed E-state index contributed by atoms with van der Waals surface area (Å²) in [7, 11) is 3.27. The zero-order chi connectivity index (χ0) is 22.5. The summed E-state index contributed by atoms with van der Waals surface area (Å²) in [5, 5.41) is 0.638. The van der Waals surface area contributed by atoms with Crippen LogP contribution in [0.3, 0.4) is 0 Å². The number of aromatic nitrogens is 1. The lowest BCUT2D eigenvalue weighted by molar-refractivity contribution is -0.117. The Hall–Kier alpha value is -3.64. The summed E-state index contributed by atoms with van der Waals surface area (Å²) >= 11 is 1.50. The summed E-state index contributed by atoms with van der Waals surface area (Å²) in [6.07, 6.45) is 0.281. The summed E-state index contributed by atoms with van der Waals surface area (Å²) in [5.41, 5.74) is 3.55. The van der Waals surface area contributed by atoms with E-state index in [1.54, 1.807) is 19.1 Å². The van der Waals surface area contributed by atoms with Gasteiger partial charge in [-0.3, -0.25) is 9.69 Å². The van der Waals surface area contributed by atoms with Gasteiger partial charge < -0.3 is 9.47 Å². The normalized spacial score (nSPS) is 10.6. The third-order valence-electron chi connectivity index (χ3n) is 5.12. The smallest absolute Gasteiger partial charge is 0.237 e. The van der Waals surface area contributed by atoms with E-state index in [9.17, 15) is 4.79 Å². The molecule has 4 aromatic rings. The lowest BCUT2D eigenvalue weighted by Gasteiger charge is -2.20. The van der Waals surface area contributed by atoms with Gasteiger partial charge in [0.15, 0.2) is 5.13 Å². The molecule has 0 fully saturated rings. The van der Waals surface area contributed by atoms with Gasteiger partial charge in [-0.25, -0.2) is 4.98 Å². The van der Waals surface area contributed by atoms with Gasteiger partial charge in [-0.2, -0.15) is 0 Å². The molecule has 0 saturated heterocycles. The van der Waals surface area contributed by atoms with Crippen LogP contribution < -0.4 is 14.4 Å². The largest absolute Gasteiger partial charge is 0.497 e. The molecule has 0 unspecified atom stereocenters. The number of carbonyl (C=O) groups excluding carboxylic acids is 1. The summed E-state index contributed by atoms with van der Waals surface area (Å²) in [4.78, 5) is 21.1. The van der Waals surface area contributed by atoms with Gasteiger partial charge in [-0.1, -0.05) is 30.3 Å². The van der Waals surface area contributed by atoms with E-state index < -0.39 is 0 Å². The van der Waals surface area contributed by atoms with E-state index in [0.29, 0.717) is 5.13 Å². The van der Waals surface area contributed by atoms with Gasteiger partial charge in [0.2, 0.25) is 5.91 Å². The SMILES string of the molecule is COc1ccc(-c2nc(N(C(=O)Cc3ccccc3)c3ccc(OC)cc3)sc2C)cc1. The van der Waals surface area contributed by atoms with E-state index >= 15 is 0 Å². The number of ether oxygens (including phenoxy) is 2. The van der Waals surface area contributed by atoms with Crippen LogP contribution >= 0.6 is 11.3 Å². The highest BCUT2D eigenvalue weighted by atomic mass is 32.1. The monoisotopic (exact) mass is 444 g/mol. The maximum atomic E-state index is 13.5. The number of aryl methyl sites for hydroxylation is 1. The zero-order valence-electron chi connectivity index (χ0n) is 18.2. The predicted octanol–water partition coefficient (Wildman–Crippen LogP) is 6.04. The Morgan fingerprint density at radius 1 is 0.875 bits per heavy atom. The van der Waals surface area contributed by atoms with E-state index in [2.05, 4.69) is 0 Å². The molecule has 0 N–H and O–H groups in total. The Bertz CT molecular complexity index is 1190. The van der Waals surface area contributed by atoms with Gasteiger partial charge in [0.25, 0.3) is 0 Å². The van der Waals surface area contributed by atoms with Crippen LogP contribution in [-0.4, -0.2) is 25.1 Å². The van der Waals surface area contributed by atoms with Gasteiger partial charge in [-0.05, 0) is 61.0 Å². The summed E-state index contributed by atoms with van der Waals surface area (Å²) in [6, 6.07) is 25.0. The fourth-order valence-electron chi connectivity index (χ4n) is 3.44. The molecule has 1 aromatic heterocycles. The van der Waals surface area contributed by atoms with Crippen molar-refractivity contribution in [1.29, 1.82) is 0 Å². The fraction of sp³-hybridized carbons (Fsp3) is 0.154. The minimum atomic E-state index is -0.0450. The average Bonchev–Trinajstić information content (AvgIpc) is 3.21. The molecule has 0 aliphatic heterocycles. The summed E-state index contributed by atoms with van der Waals surface area (Å²) in [5.74, 6) is 1.48. The molecule has 162 valence electrons. The number of anilines is 2. The molecule has 0 spiro atoms. The second-order valence-corrected chi connectivity index (χ2v) is 8.40. The van der Waals surface area contributed by atoms with Crippen molar-refractivity contribution in [3.05, 3.63) is 89.3 Å². The zero-order valence-corrected chi connectivity index (χ0v) is 19.1. The lowest BCUT2D eigenvalue weighted by Crippen LogP contribution is -2.27. The maximum Gasteiger partial charge on any atom is 0.237 e. The number of thiazole rings is 1. The van der Waals surface area contributed by atoms with E-state index in [1.165, 1.54) is 11.3 Å². The van der Waals surface area contributed by atoms with Crippen molar-refractivity contribution in [3.63, 3.8) is 0 Å². The molecule has 32 heavy (non-hydrogen) atoms. The molecule has 0 saturated carbocycles. The molecule has 3 aromatic carbocycles. The number of hydrogen-bond donors (Lipinski definition) is 0. The van der Waals surface area contributed by atoms with E-state index in [4.69, 9.17) is 14.5 Å². The summed E-state index contributed by atoms with van der Waals surface area (Å²) in [6.45, 7) is 2.02. The molecule has 0 bridgehead atoms. The van der Waals surface area contributed by atoms with Gasteiger partial charge >= 0.3 is 0 Å². The first-order chi connectivity index (χ1) is 15.6. The van der Waals surface area contributed by atoms with Crippen LogP contribution in [0.5, 0.6) is 11.5 Å². The second kappa shape index (κ2) is 9.66. The molecule has 1 amide bonds. The number of nitrogens with zero attached hydrogens (tertiary/aromatic N) is 2. The van der Waals surface area contributed by atoms with E-state index in [1.807, 2.05) is 85.8 Å². The van der Waals surface area contributed by atoms with E-state index in [0.717, 1.165) is 38.9 Å². The van der Waals surface area contributed by atoms with Crippen molar-refractivity contribution in [2.24, 2.45) is 0 Å². The van der Waals surface area contributed by atoms with Crippen LogP contribution in [0.15, 0.2) is 78.9 Å². The third-order valence-corrected chi connectivity index (χ3v) is 6.07. The number of hydrogen-bond acceptors (Lipinski definition) is 5. The first-order valence-corrected chi connectivity index (χ1v) is 11.0. The highest BCUT2D eigenvalue weighted by Crippen LogP contribution is 2.37. The van der Waals surface area contributed by atoms with Crippen LogP contribution in [-0.2, 0) is 11.2 Å². The van der Waals surface area contributed by atoms with Crippen molar-refractivity contribution in [1.82, 2.24) is 4.98 Å². The van der Waals surface area contributed by atoms with Crippen molar-refractivity contribution in [2.45, 2.75) is 13.3 Å². The predicted molar refractivity (Wildman–Crippen MR) is 129 cm³/mol. The minimum absolute atomic E-state index is 0.0450. The van der Waals surface area contributed by atoms with Crippen molar-refractivity contribution in [3.8, 4) is 22.8 Å². The molecule has 0 atom stereocenters. The van der Waals surface area contributed by atoms with Crippen LogP contribution in [0.4, 0.5) is 10.8 Å². The summed E-state index contributed by atoms with van der Waals surface area (Å²) < 4.78 is 10.5. The van der Waals surface area contributed by atoms with Crippen molar-refractivity contribution >= 4 is 28.1 Å². The Morgan fingerprint density at radius 3 is 2.06 bits per heavy atom. The fourth-order valence-corrected chi connectivity index (χ4v) is 4.41. The molecule has 0 radical (unpaired) electrons. The minimum Gasteiger partial charge on any atom is -0.497 e. The lowest BCUT2D eigenvalue weighted by atomic mass is 10.1. The molecule has 0 aliphatic carbocycles. The average molecular weight is 445 g/mol. The quantitative estimate of drug-likeness (QED) is 0.349. The van der Waals surface area contributed by atoms with Gasteiger partial charge in [0.1, 0.15) is 11.5 Å². The number of amides is 1. The van der Waals surface area contributed by atoms with Crippen molar-refractivity contribution < 1.29 is 14.3 Å². The first kappa shape index (κ1) is 21.6. The third kappa shape index (κ3) is 4.65. The molecule has 6 heteroatoms. The Labute approximate surface area is 191 Å². The first-order valence-electron chi connectivity index (χ1n) is 10.2. The van der Waals surface area contributed by atoms with E-state index in [-0.39, 0.29) is 12.3 Å². The Kier molecular flexibility index (Phi) is 6.52. The number of carbonyl (C=O) groups is 1. The molecular weight excluding hydrogens is 420 g/mol. The maximum absolute atomic E-state index is 13.5. The molecule has 5 nitrogen and oxygen atoms in total. The topological polar surface area (TPSA) is 51.7 Å². The molecular formula is C26H24N2O3S. The van der Waals surface area contributed by atoms with Crippen LogP contribution in [0.2, 0.25) is 0 Å². The highest BCUT2D eigenvalue weighted by molar-refractivity contribution is 7.16.